The third-order valence-corrected chi connectivity index (χ3v) is 2.11. The van der Waals surface area contributed by atoms with Crippen molar-refractivity contribution >= 4 is 0 Å². The molecule has 0 amide bonds. The molecule has 0 atom stereocenters. The average Bonchev–Trinajstić information content (AvgIpc) is 2.25. The summed E-state index contributed by atoms with van der Waals surface area (Å²) in [5, 5.41) is 4.18. The lowest BCUT2D eigenvalue weighted by Gasteiger charge is -1.98. The zero-order chi connectivity index (χ0) is 7.68. The molecule has 1 aromatic rings. The topological polar surface area (TPSA) is 27.1 Å². The van der Waals surface area contributed by atoms with Gasteiger partial charge in [0.15, 0.2) is 0 Å². The molecule has 3 nitrogen and oxygen atoms in total. The van der Waals surface area contributed by atoms with Crippen LogP contribution in [0.2, 0.25) is 0 Å². The molecule has 11 heavy (non-hydrogen) atoms. The highest BCUT2D eigenvalue weighted by atomic mass is 16.5. The summed E-state index contributed by atoms with van der Waals surface area (Å²) in [5.74, 6) is 0. The molecule has 0 aromatic carbocycles. The van der Waals surface area contributed by atoms with E-state index >= 15 is 0 Å². The molecule has 2 rings (SSSR count). The Morgan fingerprint density at radius 1 is 1.64 bits per heavy atom. The lowest BCUT2D eigenvalue weighted by Crippen LogP contribution is -1.98. The van der Waals surface area contributed by atoms with Crippen LogP contribution in [0.1, 0.15) is 17.7 Å². The normalized spacial score (nSPS) is 17.5. The van der Waals surface area contributed by atoms with Crippen LogP contribution in [0.4, 0.5) is 0 Å². The standard InChI is InChI=1S/C8H12N2O/c1-10-8-3-2-4-11-6-7(8)5-9-10/h5H,2-4,6H2,1H3. The molecule has 0 N–H and O–H groups in total. The molecule has 60 valence electrons. The number of nitrogens with zero attached hydrogens (tertiary/aromatic N) is 2. The van der Waals surface area contributed by atoms with Crippen LogP contribution in [0.3, 0.4) is 0 Å². The van der Waals surface area contributed by atoms with E-state index in [1.165, 1.54) is 11.3 Å². The summed E-state index contributed by atoms with van der Waals surface area (Å²) < 4.78 is 7.33. The van der Waals surface area contributed by atoms with Gasteiger partial charge in [-0.05, 0) is 12.8 Å². The van der Waals surface area contributed by atoms with Gasteiger partial charge in [0.05, 0.1) is 12.8 Å². The number of fused-ring (bicyclic) bond motifs is 1. The number of hydrogen-bond donors (Lipinski definition) is 0. The van der Waals surface area contributed by atoms with Crippen molar-refractivity contribution in [2.24, 2.45) is 7.05 Å². The van der Waals surface area contributed by atoms with Crippen LogP contribution in [0.15, 0.2) is 6.20 Å². The number of rotatable bonds is 0. The highest BCUT2D eigenvalue weighted by Gasteiger charge is 2.11. The van der Waals surface area contributed by atoms with E-state index in [1.54, 1.807) is 0 Å². The fourth-order valence-corrected chi connectivity index (χ4v) is 1.48. The Morgan fingerprint density at radius 3 is 3.45 bits per heavy atom. The van der Waals surface area contributed by atoms with Crippen LogP contribution in [-0.2, 0) is 24.8 Å². The van der Waals surface area contributed by atoms with Crippen molar-refractivity contribution in [2.45, 2.75) is 19.4 Å². The van der Waals surface area contributed by atoms with Crippen molar-refractivity contribution in [1.29, 1.82) is 0 Å². The molecule has 0 radical (unpaired) electrons. The van der Waals surface area contributed by atoms with E-state index in [2.05, 4.69) is 5.10 Å². The lowest BCUT2D eigenvalue weighted by atomic mass is 10.2. The minimum atomic E-state index is 0.739. The summed E-state index contributed by atoms with van der Waals surface area (Å²) in [6.45, 7) is 1.62. The van der Waals surface area contributed by atoms with Gasteiger partial charge >= 0.3 is 0 Å². The SMILES string of the molecule is Cn1ncc2c1CCCOC2. The molecule has 0 saturated heterocycles. The zero-order valence-electron chi connectivity index (χ0n) is 6.71. The quantitative estimate of drug-likeness (QED) is 0.552. The maximum atomic E-state index is 5.38. The van der Waals surface area contributed by atoms with Crippen LogP contribution in [0.25, 0.3) is 0 Å². The van der Waals surface area contributed by atoms with E-state index in [4.69, 9.17) is 4.74 Å². The van der Waals surface area contributed by atoms with Gasteiger partial charge < -0.3 is 4.74 Å². The molecule has 0 saturated carbocycles. The number of aryl methyl sites for hydroxylation is 1. The Morgan fingerprint density at radius 2 is 2.55 bits per heavy atom. The molecule has 0 bridgehead atoms. The van der Waals surface area contributed by atoms with Gasteiger partial charge in [-0.3, -0.25) is 4.68 Å². The molecule has 0 spiro atoms. The number of aromatic nitrogens is 2. The molecular weight excluding hydrogens is 140 g/mol. The van der Waals surface area contributed by atoms with E-state index in [-0.39, 0.29) is 0 Å². The summed E-state index contributed by atoms with van der Waals surface area (Å²) in [6.07, 6.45) is 4.12. The summed E-state index contributed by atoms with van der Waals surface area (Å²) in [7, 11) is 1.99. The summed E-state index contributed by atoms with van der Waals surface area (Å²) >= 11 is 0. The van der Waals surface area contributed by atoms with Crippen LogP contribution >= 0.6 is 0 Å². The third-order valence-electron chi connectivity index (χ3n) is 2.11. The number of ether oxygens (including phenoxy) is 1. The first-order valence-electron chi connectivity index (χ1n) is 3.95. The summed E-state index contributed by atoms with van der Waals surface area (Å²) in [4.78, 5) is 0. The summed E-state index contributed by atoms with van der Waals surface area (Å²) in [5.41, 5.74) is 2.59. The molecular formula is C8H12N2O. The Labute approximate surface area is 66.0 Å². The first kappa shape index (κ1) is 6.85. The van der Waals surface area contributed by atoms with Crippen LogP contribution in [0, 0.1) is 0 Å². The fraction of sp³-hybridized carbons (Fsp3) is 0.625. The molecule has 1 aromatic heterocycles. The molecule has 3 heteroatoms. The zero-order valence-corrected chi connectivity index (χ0v) is 6.71. The van der Waals surface area contributed by atoms with E-state index in [1.807, 2.05) is 17.9 Å². The van der Waals surface area contributed by atoms with Gasteiger partial charge in [0, 0.05) is 24.9 Å². The van der Waals surface area contributed by atoms with Crippen molar-refractivity contribution in [2.75, 3.05) is 6.61 Å². The van der Waals surface area contributed by atoms with Crippen molar-refractivity contribution in [3.8, 4) is 0 Å². The van der Waals surface area contributed by atoms with Gasteiger partial charge in [-0.1, -0.05) is 0 Å². The van der Waals surface area contributed by atoms with Crippen molar-refractivity contribution in [3.05, 3.63) is 17.5 Å². The highest BCUT2D eigenvalue weighted by Crippen LogP contribution is 2.14. The second-order valence-electron chi connectivity index (χ2n) is 2.90. The van der Waals surface area contributed by atoms with E-state index in [9.17, 15) is 0 Å². The van der Waals surface area contributed by atoms with Crippen molar-refractivity contribution in [1.82, 2.24) is 9.78 Å². The van der Waals surface area contributed by atoms with E-state index in [0.29, 0.717) is 0 Å². The largest absolute Gasteiger partial charge is 0.377 e. The van der Waals surface area contributed by atoms with Crippen LogP contribution in [-0.4, -0.2) is 16.4 Å². The Balaban J connectivity index is 2.35. The van der Waals surface area contributed by atoms with Gasteiger partial charge in [-0.2, -0.15) is 5.10 Å². The third kappa shape index (κ3) is 1.16. The van der Waals surface area contributed by atoms with E-state index in [0.717, 1.165) is 26.1 Å². The van der Waals surface area contributed by atoms with Gasteiger partial charge in [0.2, 0.25) is 0 Å². The second-order valence-corrected chi connectivity index (χ2v) is 2.90. The summed E-state index contributed by atoms with van der Waals surface area (Å²) in [6, 6.07) is 0. The van der Waals surface area contributed by atoms with Crippen LogP contribution < -0.4 is 0 Å². The van der Waals surface area contributed by atoms with Crippen molar-refractivity contribution in [3.63, 3.8) is 0 Å². The predicted octanol–water partition coefficient (Wildman–Crippen LogP) is 0.883. The van der Waals surface area contributed by atoms with Gasteiger partial charge in [-0.25, -0.2) is 0 Å². The van der Waals surface area contributed by atoms with Crippen LogP contribution in [0.5, 0.6) is 0 Å². The molecule has 0 unspecified atom stereocenters. The highest BCUT2D eigenvalue weighted by molar-refractivity contribution is 5.17. The van der Waals surface area contributed by atoms with Crippen molar-refractivity contribution < 1.29 is 4.74 Å². The predicted molar refractivity (Wildman–Crippen MR) is 41.2 cm³/mol. The Bertz CT molecular complexity index is 255. The number of hydrogen-bond acceptors (Lipinski definition) is 2. The molecule has 2 heterocycles. The van der Waals surface area contributed by atoms with E-state index < -0.39 is 0 Å². The maximum absolute atomic E-state index is 5.38. The average molecular weight is 152 g/mol. The monoisotopic (exact) mass is 152 g/mol. The maximum Gasteiger partial charge on any atom is 0.0750 e. The first-order chi connectivity index (χ1) is 5.38. The van der Waals surface area contributed by atoms with Gasteiger partial charge in [-0.15, -0.1) is 0 Å². The van der Waals surface area contributed by atoms with Gasteiger partial charge in [0.25, 0.3) is 0 Å². The Kier molecular flexibility index (Phi) is 1.66. The first-order valence-corrected chi connectivity index (χ1v) is 3.95. The minimum absolute atomic E-state index is 0.739. The molecule has 1 aliphatic rings. The Hall–Kier alpha value is -0.830. The molecule has 1 aliphatic heterocycles. The second kappa shape index (κ2) is 2.66. The van der Waals surface area contributed by atoms with Gasteiger partial charge in [0.1, 0.15) is 0 Å². The smallest absolute Gasteiger partial charge is 0.0750 e. The molecule has 0 aliphatic carbocycles. The lowest BCUT2D eigenvalue weighted by molar-refractivity contribution is 0.125. The fourth-order valence-electron chi connectivity index (χ4n) is 1.48. The molecule has 0 fully saturated rings. The minimum Gasteiger partial charge on any atom is -0.377 e.